The van der Waals surface area contributed by atoms with Crippen molar-refractivity contribution < 1.29 is 18.4 Å². The molecule has 1 aromatic rings. The van der Waals surface area contributed by atoms with Gasteiger partial charge in [0.1, 0.15) is 6.29 Å². The quantitative estimate of drug-likeness (QED) is 0.548. The molecule has 2 nitrogen and oxygen atoms in total. The SMILES string of the molecule is O=CCCC(=O)c1ccc(F)c(F)c1. The van der Waals surface area contributed by atoms with Crippen LogP contribution in [0.15, 0.2) is 18.2 Å². The summed E-state index contributed by atoms with van der Waals surface area (Å²) in [6, 6.07) is 2.93. The van der Waals surface area contributed by atoms with Crippen LogP contribution in [0.25, 0.3) is 0 Å². The van der Waals surface area contributed by atoms with Gasteiger partial charge in [-0.05, 0) is 18.2 Å². The second kappa shape index (κ2) is 4.60. The number of benzene rings is 1. The van der Waals surface area contributed by atoms with Gasteiger partial charge in [0.2, 0.25) is 0 Å². The lowest BCUT2D eigenvalue weighted by atomic mass is 10.1. The van der Waals surface area contributed by atoms with Crippen LogP contribution in [0.4, 0.5) is 8.78 Å². The van der Waals surface area contributed by atoms with Crippen molar-refractivity contribution in [3.8, 4) is 0 Å². The number of carbonyl (C=O) groups is 2. The second-order valence-electron chi connectivity index (χ2n) is 2.76. The van der Waals surface area contributed by atoms with Crippen LogP contribution in [0.3, 0.4) is 0 Å². The van der Waals surface area contributed by atoms with Crippen molar-refractivity contribution in [2.45, 2.75) is 12.8 Å². The molecule has 0 radical (unpaired) electrons. The van der Waals surface area contributed by atoms with Crippen molar-refractivity contribution in [1.29, 1.82) is 0 Å². The van der Waals surface area contributed by atoms with Crippen LogP contribution in [0, 0.1) is 11.6 Å². The highest BCUT2D eigenvalue weighted by molar-refractivity contribution is 5.96. The van der Waals surface area contributed by atoms with E-state index in [9.17, 15) is 18.4 Å². The minimum Gasteiger partial charge on any atom is -0.303 e. The van der Waals surface area contributed by atoms with Gasteiger partial charge in [-0.2, -0.15) is 0 Å². The molecule has 0 atom stereocenters. The Morgan fingerprint density at radius 3 is 2.57 bits per heavy atom. The van der Waals surface area contributed by atoms with E-state index in [-0.39, 0.29) is 24.2 Å². The van der Waals surface area contributed by atoms with Crippen molar-refractivity contribution in [3.63, 3.8) is 0 Å². The van der Waals surface area contributed by atoms with Gasteiger partial charge in [0, 0.05) is 18.4 Å². The molecule has 74 valence electrons. The molecule has 0 saturated heterocycles. The Labute approximate surface area is 79.5 Å². The summed E-state index contributed by atoms with van der Waals surface area (Å²) < 4.78 is 25.1. The van der Waals surface area contributed by atoms with E-state index < -0.39 is 11.6 Å². The van der Waals surface area contributed by atoms with E-state index in [0.29, 0.717) is 6.29 Å². The zero-order valence-electron chi connectivity index (χ0n) is 7.30. The smallest absolute Gasteiger partial charge is 0.163 e. The predicted molar refractivity (Wildman–Crippen MR) is 46.0 cm³/mol. The number of halogens is 2. The molecular weight excluding hydrogens is 190 g/mol. The number of rotatable bonds is 4. The molecule has 1 rings (SSSR count). The summed E-state index contributed by atoms with van der Waals surface area (Å²) in [6.07, 6.45) is 0.726. The van der Waals surface area contributed by atoms with Gasteiger partial charge in [0.15, 0.2) is 17.4 Å². The number of ketones is 1. The molecular formula is C10H8F2O2. The first-order chi connectivity index (χ1) is 6.65. The molecule has 0 aliphatic rings. The zero-order valence-corrected chi connectivity index (χ0v) is 7.30. The molecule has 1 aromatic carbocycles. The maximum atomic E-state index is 12.7. The van der Waals surface area contributed by atoms with Crippen molar-refractivity contribution >= 4 is 12.1 Å². The van der Waals surface area contributed by atoms with Crippen LogP contribution >= 0.6 is 0 Å². The average molecular weight is 198 g/mol. The molecule has 0 heterocycles. The number of Topliss-reactive ketones (excluding diaryl/α,β-unsaturated/α-hetero) is 1. The van der Waals surface area contributed by atoms with Crippen LogP contribution in [0.5, 0.6) is 0 Å². The molecule has 0 unspecified atom stereocenters. The molecule has 0 N–H and O–H groups in total. The van der Waals surface area contributed by atoms with Crippen molar-refractivity contribution in [2.24, 2.45) is 0 Å². The number of aldehydes is 1. The first-order valence-corrected chi connectivity index (χ1v) is 4.07. The van der Waals surface area contributed by atoms with E-state index in [4.69, 9.17) is 0 Å². The minimum atomic E-state index is -1.05. The first kappa shape index (κ1) is 10.5. The second-order valence-corrected chi connectivity index (χ2v) is 2.76. The fourth-order valence-electron chi connectivity index (χ4n) is 1.00. The van der Waals surface area contributed by atoms with Crippen molar-refractivity contribution in [2.75, 3.05) is 0 Å². The molecule has 0 aliphatic heterocycles. The van der Waals surface area contributed by atoms with E-state index in [2.05, 4.69) is 0 Å². The Balaban J connectivity index is 2.80. The highest BCUT2D eigenvalue weighted by Crippen LogP contribution is 2.10. The topological polar surface area (TPSA) is 34.1 Å². The van der Waals surface area contributed by atoms with Gasteiger partial charge >= 0.3 is 0 Å². The van der Waals surface area contributed by atoms with Gasteiger partial charge in [0.05, 0.1) is 0 Å². The largest absolute Gasteiger partial charge is 0.303 e. The highest BCUT2D eigenvalue weighted by atomic mass is 19.2. The third-order valence-electron chi connectivity index (χ3n) is 1.73. The standard InChI is InChI=1S/C10H8F2O2/c11-8-4-3-7(6-9(8)12)10(14)2-1-5-13/h3-6H,1-2H2. The predicted octanol–water partition coefficient (Wildman–Crippen LogP) is 2.13. The molecule has 0 amide bonds. The first-order valence-electron chi connectivity index (χ1n) is 4.07. The summed E-state index contributed by atoms with van der Waals surface area (Å²) in [5.74, 6) is -2.41. The van der Waals surface area contributed by atoms with Gasteiger partial charge in [0.25, 0.3) is 0 Å². The van der Waals surface area contributed by atoms with E-state index in [1.165, 1.54) is 6.07 Å². The Bertz CT molecular complexity index is 361. The molecule has 14 heavy (non-hydrogen) atoms. The fraction of sp³-hybridized carbons (Fsp3) is 0.200. The third kappa shape index (κ3) is 2.45. The molecule has 0 saturated carbocycles. The van der Waals surface area contributed by atoms with Gasteiger partial charge in [-0.15, -0.1) is 0 Å². The van der Waals surface area contributed by atoms with Crippen LogP contribution in [-0.4, -0.2) is 12.1 Å². The van der Waals surface area contributed by atoms with E-state index in [0.717, 1.165) is 12.1 Å². The van der Waals surface area contributed by atoms with E-state index >= 15 is 0 Å². The molecule has 4 heteroatoms. The van der Waals surface area contributed by atoms with Crippen LogP contribution in [0.1, 0.15) is 23.2 Å². The Hall–Kier alpha value is -1.58. The summed E-state index contributed by atoms with van der Waals surface area (Å²) in [4.78, 5) is 21.2. The molecule has 0 aromatic heterocycles. The fourth-order valence-corrected chi connectivity index (χ4v) is 1.00. The van der Waals surface area contributed by atoms with Crippen molar-refractivity contribution in [3.05, 3.63) is 35.4 Å². The van der Waals surface area contributed by atoms with Gasteiger partial charge in [-0.1, -0.05) is 0 Å². The van der Waals surface area contributed by atoms with Crippen LogP contribution in [-0.2, 0) is 4.79 Å². The monoisotopic (exact) mass is 198 g/mol. The summed E-state index contributed by atoms with van der Waals surface area (Å²) in [5, 5.41) is 0. The maximum Gasteiger partial charge on any atom is 0.163 e. The third-order valence-corrected chi connectivity index (χ3v) is 1.73. The van der Waals surface area contributed by atoms with E-state index in [1.54, 1.807) is 0 Å². The number of hydrogen-bond donors (Lipinski definition) is 0. The number of hydrogen-bond acceptors (Lipinski definition) is 2. The van der Waals surface area contributed by atoms with Crippen LogP contribution < -0.4 is 0 Å². The molecule has 0 fully saturated rings. The Morgan fingerprint density at radius 1 is 1.29 bits per heavy atom. The lowest BCUT2D eigenvalue weighted by Gasteiger charge is -1.99. The lowest BCUT2D eigenvalue weighted by molar-refractivity contribution is -0.107. The van der Waals surface area contributed by atoms with Gasteiger partial charge in [-0.3, -0.25) is 4.79 Å². The van der Waals surface area contributed by atoms with E-state index in [1.807, 2.05) is 0 Å². The van der Waals surface area contributed by atoms with Gasteiger partial charge < -0.3 is 4.79 Å². The maximum absolute atomic E-state index is 12.7. The minimum absolute atomic E-state index is 0.0224. The summed E-state index contributed by atoms with van der Waals surface area (Å²) >= 11 is 0. The zero-order chi connectivity index (χ0) is 10.6. The Morgan fingerprint density at radius 2 is 2.00 bits per heavy atom. The molecule has 0 spiro atoms. The number of carbonyl (C=O) groups excluding carboxylic acids is 2. The molecule has 0 aliphatic carbocycles. The van der Waals surface area contributed by atoms with Gasteiger partial charge in [-0.25, -0.2) is 8.78 Å². The lowest BCUT2D eigenvalue weighted by Crippen LogP contribution is -2.00. The summed E-state index contributed by atoms with van der Waals surface area (Å²) in [6.45, 7) is 0. The van der Waals surface area contributed by atoms with Crippen molar-refractivity contribution in [1.82, 2.24) is 0 Å². The molecule has 0 bridgehead atoms. The summed E-state index contributed by atoms with van der Waals surface area (Å²) in [7, 11) is 0. The highest BCUT2D eigenvalue weighted by Gasteiger charge is 2.08. The summed E-state index contributed by atoms with van der Waals surface area (Å²) in [5.41, 5.74) is 0.0887. The Kier molecular flexibility index (Phi) is 3.45. The average Bonchev–Trinajstić information content (AvgIpc) is 2.18. The van der Waals surface area contributed by atoms with Crippen LogP contribution in [0.2, 0.25) is 0 Å². The normalized spacial score (nSPS) is 9.86.